The van der Waals surface area contributed by atoms with E-state index >= 15 is 0 Å². The van der Waals surface area contributed by atoms with Crippen LogP contribution in [0.25, 0.3) is 38.3 Å². The third kappa shape index (κ3) is 1.82. The summed E-state index contributed by atoms with van der Waals surface area (Å²) in [6.45, 7) is 2.17. The Hall–Kier alpha value is -3.06. The monoisotopic (exact) mass is 307 g/mol. The molecule has 0 N–H and O–H groups in total. The number of fused-ring (bicyclic) bond motifs is 4. The Morgan fingerprint density at radius 3 is 1.79 bits per heavy atom. The van der Waals surface area contributed by atoms with E-state index in [4.69, 9.17) is 0 Å². The van der Waals surface area contributed by atoms with E-state index in [9.17, 15) is 0 Å². The highest BCUT2D eigenvalue weighted by atomic mass is 15.0. The van der Waals surface area contributed by atoms with Crippen LogP contribution in [-0.4, -0.2) is 4.57 Å². The average Bonchev–Trinajstić information content (AvgIpc) is 2.95. The molecule has 5 aromatic rings. The summed E-state index contributed by atoms with van der Waals surface area (Å²) < 4.78 is 2.40. The van der Waals surface area contributed by atoms with Crippen molar-refractivity contribution in [3.8, 4) is 5.69 Å². The molecule has 0 unspecified atom stereocenters. The fourth-order valence-electron chi connectivity index (χ4n) is 3.80. The lowest BCUT2D eigenvalue weighted by atomic mass is 10.1. The van der Waals surface area contributed by atoms with E-state index in [0.717, 1.165) is 0 Å². The molecule has 0 radical (unpaired) electrons. The van der Waals surface area contributed by atoms with E-state index in [1.54, 1.807) is 0 Å². The number of hydrogen-bond donors (Lipinski definition) is 0. The number of aromatic nitrogens is 1. The summed E-state index contributed by atoms with van der Waals surface area (Å²) in [5, 5.41) is 5.18. The SMILES string of the molecule is Cc1cc(-n2c3ccccc3c3ccccc32)c2ccccc2c1. The largest absolute Gasteiger partial charge is 0.309 e. The number of rotatable bonds is 1. The van der Waals surface area contributed by atoms with Crippen LogP contribution in [0.2, 0.25) is 0 Å². The van der Waals surface area contributed by atoms with Crippen LogP contribution in [-0.2, 0) is 0 Å². The molecular weight excluding hydrogens is 290 g/mol. The highest BCUT2D eigenvalue weighted by Crippen LogP contribution is 2.34. The quantitative estimate of drug-likeness (QED) is 0.345. The predicted molar refractivity (Wildman–Crippen MR) is 103 cm³/mol. The molecule has 0 fully saturated rings. The van der Waals surface area contributed by atoms with E-state index in [2.05, 4.69) is 96.4 Å². The normalized spacial score (nSPS) is 11.5. The minimum Gasteiger partial charge on any atom is -0.309 e. The molecule has 0 bridgehead atoms. The number of aryl methyl sites for hydroxylation is 1. The molecule has 0 spiro atoms. The van der Waals surface area contributed by atoms with Crippen LogP contribution in [0, 0.1) is 6.92 Å². The van der Waals surface area contributed by atoms with Gasteiger partial charge in [0.25, 0.3) is 0 Å². The van der Waals surface area contributed by atoms with Gasteiger partial charge in [-0.3, -0.25) is 0 Å². The number of para-hydroxylation sites is 2. The van der Waals surface area contributed by atoms with Crippen molar-refractivity contribution >= 4 is 32.6 Å². The second kappa shape index (κ2) is 4.97. The Morgan fingerprint density at radius 1 is 0.583 bits per heavy atom. The lowest BCUT2D eigenvalue weighted by Gasteiger charge is -2.13. The molecule has 0 aliphatic carbocycles. The fourth-order valence-corrected chi connectivity index (χ4v) is 3.80. The summed E-state index contributed by atoms with van der Waals surface area (Å²) in [6, 6.07) is 30.5. The Bertz CT molecular complexity index is 1160. The first kappa shape index (κ1) is 13.4. The van der Waals surface area contributed by atoms with Crippen LogP contribution in [0.15, 0.2) is 84.9 Å². The van der Waals surface area contributed by atoms with Gasteiger partial charge in [0.05, 0.1) is 16.7 Å². The highest BCUT2D eigenvalue weighted by Gasteiger charge is 2.13. The fraction of sp³-hybridized carbons (Fsp3) is 0.0435. The minimum absolute atomic E-state index is 1.25. The zero-order valence-corrected chi connectivity index (χ0v) is 13.5. The summed E-state index contributed by atoms with van der Waals surface area (Å²) in [5.41, 5.74) is 5.05. The van der Waals surface area contributed by atoms with Crippen molar-refractivity contribution < 1.29 is 0 Å². The summed E-state index contributed by atoms with van der Waals surface area (Å²) >= 11 is 0. The molecule has 0 amide bonds. The zero-order chi connectivity index (χ0) is 16.1. The second-order valence-electron chi connectivity index (χ2n) is 6.37. The number of nitrogens with zero attached hydrogens (tertiary/aromatic N) is 1. The second-order valence-corrected chi connectivity index (χ2v) is 6.37. The average molecular weight is 307 g/mol. The molecule has 1 heteroatoms. The number of hydrogen-bond acceptors (Lipinski definition) is 0. The topological polar surface area (TPSA) is 4.93 Å². The van der Waals surface area contributed by atoms with E-state index in [1.807, 2.05) is 0 Å². The summed E-state index contributed by atoms with van der Waals surface area (Å²) in [7, 11) is 0. The lowest BCUT2D eigenvalue weighted by Crippen LogP contribution is -1.96. The van der Waals surface area contributed by atoms with Gasteiger partial charge in [-0.2, -0.15) is 0 Å². The van der Waals surface area contributed by atoms with Gasteiger partial charge in [0.1, 0.15) is 0 Å². The van der Waals surface area contributed by atoms with Gasteiger partial charge in [-0.25, -0.2) is 0 Å². The highest BCUT2D eigenvalue weighted by molar-refractivity contribution is 6.10. The van der Waals surface area contributed by atoms with Gasteiger partial charge in [0.2, 0.25) is 0 Å². The van der Waals surface area contributed by atoms with Crippen molar-refractivity contribution in [3.63, 3.8) is 0 Å². The minimum atomic E-state index is 1.25. The molecule has 114 valence electrons. The Kier molecular flexibility index (Phi) is 2.77. The molecule has 0 atom stereocenters. The first-order valence-electron chi connectivity index (χ1n) is 8.31. The van der Waals surface area contributed by atoms with Gasteiger partial charge in [-0.1, -0.05) is 66.7 Å². The van der Waals surface area contributed by atoms with Gasteiger partial charge >= 0.3 is 0 Å². The molecule has 24 heavy (non-hydrogen) atoms. The lowest BCUT2D eigenvalue weighted by molar-refractivity contribution is 1.19. The third-order valence-electron chi connectivity index (χ3n) is 4.81. The molecule has 4 aromatic carbocycles. The van der Waals surface area contributed by atoms with Crippen LogP contribution < -0.4 is 0 Å². The molecular formula is C23H17N. The molecule has 0 saturated carbocycles. The molecule has 5 rings (SSSR count). The van der Waals surface area contributed by atoms with Crippen LogP contribution in [0.5, 0.6) is 0 Å². The Labute approximate surface area is 140 Å². The maximum absolute atomic E-state index is 2.40. The van der Waals surface area contributed by atoms with Crippen molar-refractivity contribution in [1.29, 1.82) is 0 Å². The van der Waals surface area contributed by atoms with Gasteiger partial charge in [0.15, 0.2) is 0 Å². The molecule has 0 saturated heterocycles. The van der Waals surface area contributed by atoms with E-state index < -0.39 is 0 Å². The number of benzene rings is 4. The zero-order valence-electron chi connectivity index (χ0n) is 13.5. The summed E-state index contributed by atoms with van der Waals surface area (Å²) in [4.78, 5) is 0. The van der Waals surface area contributed by atoms with Crippen LogP contribution >= 0.6 is 0 Å². The van der Waals surface area contributed by atoms with Gasteiger partial charge in [-0.05, 0) is 36.1 Å². The molecule has 0 aliphatic rings. The maximum atomic E-state index is 2.40. The van der Waals surface area contributed by atoms with Crippen LogP contribution in [0.4, 0.5) is 0 Å². The smallest absolute Gasteiger partial charge is 0.0543 e. The molecule has 1 aromatic heterocycles. The summed E-state index contributed by atoms with van der Waals surface area (Å²) in [6.07, 6.45) is 0. The van der Waals surface area contributed by atoms with E-state index in [0.29, 0.717) is 0 Å². The third-order valence-corrected chi connectivity index (χ3v) is 4.81. The Morgan fingerprint density at radius 2 is 1.12 bits per heavy atom. The molecule has 0 aliphatic heterocycles. The molecule has 1 heterocycles. The van der Waals surface area contributed by atoms with Crippen molar-refractivity contribution in [1.82, 2.24) is 4.57 Å². The standard InChI is InChI=1S/C23H17N/c1-16-14-17-8-2-3-9-18(17)23(15-16)24-21-12-6-4-10-19(21)20-11-5-7-13-22(20)24/h2-15H,1H3. The van der Waals surface area contributed by atoms with Gasteiger partial charge in [-0.15, -0.1) is 0 Å². The van der Waals surface area contributed by atoms with Crippen molar-refractivity contribution in [2.45, 2.75) is 6.92 Å². The first-order chi connectivity index (χ1) is 11.8. The molecule has 1 nitrogen and oxygen atoms in total. The Balaban J connectivity index is 2.03. The summed E-state index contributed by atoms with van der Waals surface area (Å²) in [5.74, 6) is 0. The first-order valence-corrected chi connectivity index (χ1v) is 8.31. The van der Waals surface area contributed by atoms with Crippen molar-refractivity contribution in [3.05, 3.63) is 90.5 Å². The van der Waals surface area contributed by atoms with Crippen molar-refractivity contribution in [2.75, 3.05) is 0 Å². The van der Waals surface area contributed by atoms with Crippen LogP contribution in [0.1, 0.15) is 5.56 Å². The van der Waals surface area contributed by atoms with Crippen LogP contribution in [0.3, 0.4) is 0 Å². The van der Waals surface area contributed by atoms with Gasteiger partial charge in [0, 0.05) is 16.2 Å². The predicted octanol–water partition coefficient (Wildman–Crippen LogP) is 6.25. The maximum Gasteiger partial charge on any atom is 0.0543 e. The van der Waals surface area contributed by atoms with Gasteiger partial charge < -0.3 is 4.57 Å². The van der Waals surface area contributed by atoms with Crippen molar-refractivity contribution in [2.24, 2.45) is 0 Å². The van der Waals surface area contributed by atoms with E-state index in [-0.39, 0.29) is 0 Å². The van der Waals surface area contributed by atoms with E-state index in [1.165, 1.54) is 43.8 Å².